The maximum Gasteiger partial charge on any atom is 0.115 e. The van der Waals surface area contributed by atoms with Crippen LogP contribution >= 0.6 is 0 Å². The van der Waals surface area contributed by atoms with Gasteiger partial charge in [0.2, 0.25) is 0 Å². The standard InChI is InChI=1S/C14H21NO/c1-3-15(4-2)14-7-5-6-11-8-9-12(16)10-13(11)14/h8-10,14,16H,3-7H2,1-2H3. The number of rotatable bonds is 3. The molecule has 1 atom stereocenters. The van der Waals surface area contributed by atoms with E-state index < -0.39 is 0 Å². The van der Waals surface area contributed by atoms with Crippen molar-refractivity contribution in [1.29, 1.82) is 0 Å². The number of nitrogens with zero attached hydrogens (tertiary/aromatic N) is 1. The van der Waals surface area contributed by atoms with Gasteiger partial charge in [-0.05, 0) is 55.6 Å². The number of benzene rings is 1. The Hall–Kier alpha value is -1.02. The van der Waals surface area contributed by atoms with Gasteiger partial charge in [-0.15, -0.1) is 0 Å². The number of hydrogen-bond acceptors (Lipinski definition) is 2. The predicted molar refractivity (Wildman–Crippen MR) is 66.7 cm³/mol. The second-order valence-electron chi connectivity index (χ2n) is 4.51. The summed E-state index contributed by atoms with van der Waals surface area (Å²) < 4.78 is 0. The summed E-state index contributed by atoms with van der Waals surface area (Å²) in [5, 5.41) is 9.61. The SMILES string of the molecule is CCN(CC)C1CCCc2ccc(O)cc21. The molecule has 1 aromatic carbocycles. The Kier molecular flexibility index (Phi) is 3.49. The first-order chi connectivity index (χ1) is 7.76. The van der Waals surface area contributed by atoms with Crippen molar-refractivity contribution in [1.82, 2.24) is 4.90 Å². The maximum atomic E-state index is 9.61. The van der Waals surface area contributed by atoms with Crippen molar-refractivity contribution in [3.05, 3.63) is 29.3 Å². The lowest BCUT2D eigenvalue weighted by molar-refractivity contribution is 0.197. The third kappa shape index (κ3) is 2.07. The lowest BCUT2D eigenvalue weighted by Crippen LogP contribution is -2.30. The van der Waals surface area contributed by atoms with Crippen LogP contribution in [-0.4, -0.2) is 23.1 Å². The van der Waals surface area contributed by atoms with Gasteiger partial charge in [-0.3, -0.25) is 4.90 Å². The summed E-state index contributed by atoms with van der Waals surface area (Å²) in [7, 11) is 0. The molecule has 0 spiro atoms. The molecule has 0 bridgehead atoms. The number of hydrogen-bond donors (Lipinski definition) is 1. The minimum atomic E-state index is 0.401. The van der Waals surface area contributed by atoms with Crippen molar-refractivity contribution in [2.45, 2.75) is 39.2 Å². The molecule has 0 amide bonds. The van der Waals surface area contributed by atoms with E-state index in [1.54, 1.807) is 0 Å². The number of phenolic OH excluding ortho intramolecular Hbond substituents is 1. The lowest BCUT2D eigenvalue weighted by atomic mass is 9.86. The molecule has 0 heterocycles. The average Bonchev–Trinajstić information content (AvgIpc) is 2.31. The van der Waals surface area contributed by atoms with Crippen LogP contribution in [0.15, 0.2) is 18.2 Å². The smallest absolute Gasteiger partial charge is 0.115 e. The summed E-state index contributed by atoms with van der Waals surface area (Å²) in [5.74, 6) is 0.401. The molecule has 0 aromatic heterocycles. The van der Waals surface area contributed by atoms with Crippen molar-refractivity contribution in [2.24, 2.45) is 0 Å². The molecule has 1 aliphatic carbocycles. The van der Waals surface area contributed by atoms with Gasteiger partial charge in [-0.2, -0.15) is 0 Å². The van der Waals surface area contributed by atoms with E-state index >= 15 is 0 Å². The molecule has 0 fully saturated rings. The molecule has 16 heavy (non-hydrogen) atoms. The number of aromatic hydroxyl groups is 1. The van der Waals surface area contributed by atoms with E-state index in [0.717, 1.165) is 19.5 Å². The highest BCUT2D eigenvalue weighted by molar-refractivity contribution is 5.38. The zero-order chi connectivity index (χ0) is 11.5. The monoisotopic (exact) mass is 219 g/mol. The van der Waals surface area contributed by atoms with Crippen LogP contribution in [0.4, 0.5) is 0 Å². The van der Waals surface area contributed by atoms with E-state index in [2.05, 4.69) is 24.8 Å². The molecule has 1 aliphatic rings. The third-order valence-corrected chi connectivity index (χ3v) is 3.67. The summed E-state index contributed by atoms with van der Waals surface area (Å²) in [5.41, 5.74) is 2.76. The Morgan fingerprint density at radius 3 is 2.75 bits per heavy atom. The predicted octanol–water partition coefficient (Wildman–Crippen LogP) is 3.11. The van der Waals surface area contributed by atoms with Crippen molar-refractivity contribution in [3.63, 3.8) is 0 Å². The van der Waals surface area contributed by atoms with E-state index in [1.165, 1.54) is 24.0 Å². The van der Waals surface area contributed by atoms with Crippen LogP contribution in [0.3, 0.4) is 0 Å². The molecule has 0 aliphatic heterocycles. The van der Waals surface area contributed by atoms with Crippen LogP contribution in [0, 0.1) is 0 Å². The van der Waals surface area contributed by atoms with Crippen molar-refractivity contribution >= 4 is 0 Å². The summed E-state index contributed by atoms with van der Waals surface area (Å²) in [6, 6.07) is 6.35. The van der Waals surface area contributed by atoms with E-state index in [1.807, 2.05) is 12.1 Å². The largest absolute Gasteiger partial charge is 0.508 e. The summed E-state index contributed by atoms with van der Waals surface area (Å²) >= 11 is 0. The van der Waals surface area contributed by atoms with E-state index in [0.29, 0.717) is 11.8 Å². The Morgan fingerprint density at radius 2 is 2.06 bits per heavy atom. The van der Waals surface area contributed by atoms with Crippen LogP contribution in [0.2, 0.25) is 0 Å². The van der Waals surface area contributed by atoms with Crippen LogP contribution in [0.25, 0.3) is 0 Å². The van der Waals surface area contributed by atoms with E-state index in [4.69, 9.17) is 0 Å². The number of aryl methyl sites for hydroxylation is 1. The molecule has 0 radical (unpaired) electrons. The van der Waals surface area contributed by atoms with Gasteiger partial charge in [0.25, 0.3) is 0 Å². The minimum absolute atomic E-state index is 0.401. The molecule has 2 heteroatoms. The van der Waals surface area contributed by atoms with E-state index in [-0.39, 0.29) is 0 Å². The summed E-state index contributed by atoms with van der Waals surface area (Å²) in [6.45, 7) is 6.58. The van der Waals surface area contributed by atoms with Gasteiger partial charge in [-0.25, -0.2) is 0 Å². The maximum absolute atomic E-state index is 9.61. The highest BCUT2D eigenvalue weighted by Crippen LogP contribution is 2.35. The molecule has 88 valence electrons. The van der Waals surface area contributed by atoms with Gasteiger partial charge in [0, 0.05) is 6.04 Å². The molecular formula is C14H21NO. The topological polar surface area (TPSA) is 23.5 Å². The number of phenols is 1. The Balaban J connectivity index is 2.34. The van der Waals surface area contributed by atoms with Crippen molar-refractivity contribution in [2.75, 3.05) is 13.1 Å². The van der Waals surface area contributed by atoms with Gasteiger partial charge < -0.3 is 5.11 Å². The van der Waals surface area contributed by atoms with Crippen LogP contribution in [0.1, 0.15) is 43.9 Å². The number of fused-ring (bicyclic) bond motifs is 1. The fourth-order valence-corrected chi connectivity index (χ4v) is 2.81. The Labute approximate surface area is 97.9 Å². The highest BCUT2D eigenvalue weighted by Gasteiger charge is 2.24. The molecule has 2 rings (SSSR count). The molecule has 0 saturated carbocycles. The molecule has 1 unspecified atom stereocenters. The first-order valence-electron chi connectivity index (χ1n) is 6.32. The van der Waals surface area contributed by atoms with E-state index in [9.17, 15) is 5.11 Å². The summed E-state index contributed by atoms with van der Waals surface area (Å²) in [4.78, 5) is 2.48. The Bertz CT molecular complexity index is 358. The fraction of sp³-hybridized carbons (Fsp3) is 0.571. The van der Waals surface area contributed by atoms with Gasteiger partial charge in [0.05, 0.1) is 0 Å². The quantitative estimate of drug-likeness (QED) is 0.844. The van der Waals surface area contributed by atoms with Crippen LogP contribution < -0.4 is 0 Å². The molecule has 1 N–H and O–H groups in total. The van der Waals surface area contributed by atoms with Gasteiger partial charge in [-0.1, -0.05) is 19.9 Å². The van der Waals surface area contributed by atoms with Gasteiger partial charge in [0.1, 0.15) is 5.75 Å². The molecule has 2 nitrogen and oxygen atoms in total. The molecule has 0 saturated heterocycles. The zero-order valence-electron chi connectivity index (χ0n) is 10.2. The lowest BCUT2D eigenvalue weighted by Gasteiger charge is -2.34. The zero-order valence-corrected chi connectivity index (χ0v) is 10.2. The summed E-state index contributed by atoms with van der Waals surface area (Å²) in [6.07, 6.45) is 3.64. The third-order valence-electron chi connectivity index (χ3n) is 3.67. The van der Waals surface area contributed by atoms with Crippen LogP contribution in [-0.2, 0) is 6.42 Å². The van der Waals surface area contributed by atoms with Gasteiger partial charge >= 0.3 is 0 Å². The first kappa shape index (κ1) is 11.5. The van der Waals surface area contributed by atoms with Crippen molar-refractivity contribution in [3.8, 4) is 5.75 Å². The fourth-order valence-electron chi connectivity index (χ4n) is 2.81. The second-order valence-corrected chi connectivity index (χ2v) is 4.51. The highest BCUT2D eigenvalue weighted by atomic mass is 16.3. The van der Waals surface area contributed by atoms with Gasteiger partial charge in [0.15, 0.2) is 0 Å². The second kappa shape index (κ2) is 4.88. The minimum Gasteiger partial charge on any atom is -0.508 e. The average molecular weight is 219 g/mol. The first-order valence-corrected chi connectivity index (χ1v) is 6.32. The van der Waals surface area contributed by atoms with Crippen LogP contribution in [0.5, 0.6) is 5.75 Å². The Morgan fingerprint density at radius 1 is 1.31 bits per heavy atom. The molecular weight excluding hydrogens is 198 g/mol. The normalized spacial score (nSPS) is 19.8. The van der Waals surface area contributed by atoms with Crippen molar-refractivity contribution < 1.29 is 5.11 Å². The molecule has 1 aromatic rings.